The minimum absolute atomic E-state index is 0.00775. The fourth-order valence-corrected chi connectivity index (χ4v) is 5.53. The minimum atomic E-state index is -1.63. The number of rotatable bonds is 7. The maximum absolute atomic E-state index is 10.8. The molecule has 4 heterocycles. The molecule has 4 saturated heterocycles. The number of hydrogen-bond donors (Lipinski definition) is 8. The van der Waals surface area contributed by atoms with E-state index in [-0.39, 0.29) is 19.3 Å². The van der Waals surface area contributed by atoms with Gasteiger partial charge in [-0.3, -0.25) is 0 Å². The van der Waals surface area contributed by atoms with Gasteiger partial charge in [-0.2, -0.15) is 0 Å². The van der Waals surface area contributed by atoms with Crippen LogP contribution < -0.4 is 0 Å². The summed E-state index contributed by atoms with van der Waals surface area (Å²) in [5.41, 5.74) is 0. The van der Waals surface area contributed by atoms with Crippen molar-refractivity contribution in [2.45, 2.75) is 145 Å². The Morgan fingerprint density at radius 3 is 1.49 bits per heavy atom. The van der Waals surface area contributed by atoms with Crippen LogP contribution in [0, 0.1) is 0 Å². The van der Waals surface area contributed by atoms with E-state index in [2.05, 4.69) is 0 Å². The van der Waals surface area contributed by atoms with Crippen molar-refractivity contribution >= 4 is 0 Å². The lowest BCUT2D eigenvalue weighted by molar-refractivity contribution is -0.354. The number of ether oxygens (including phenoxy) is 7. The lowest BCUT2D eigenvalue weighted by atomic mass is 9.98. The molecule has 228 valence electrons. The fraction of sp³-hybridized carbons (Fsp3) is 1.00. The van der Waals surface area contributed by atoms with Crippen LogP contribution in [0.25, 0.3) is 0 Å². The molecule has 0 aromatic heterocycles. The molecule has 1 unspecified atom stereocenters. The van der Waals surface area contributed by atoms with Crippen molar-refractivity contribution in [1.82, 2.24) is 0 Å². The molecular weight excluding hydrogens is 528 g/mol. The molecule has 8 N–H and O–H groups in total. The molecule has 4 aliphatic rings. The Kier molecular flexibility index (Phi) is 10.6. The predicted molar refractivity (Wildman–Crippen MR) is 125 cm³/mol. The van der Waals surface area contributed by atoms with Crippen LogP contribution >= 0.6 is 0 Å². The van der Waals surface area contributed by atoms with Crippen LogP contribution in [0.4, 0.5) is 0 Å². The van der Waals surface area contributed by atoms with E-state index < -0.39 is 111 Å². The highest BCUT2D eigenvalue weighted by molar-refractivity contribution is 4.92. The van der Waals surface area contributed by atoms with Gasteiger partial charge in [0.25, 0.3) is 0 Å². The monoisotopic (exact) mass is 570 g/mol. The highest BCUT2D eigenvalue weighted by Crippen LogP contribution is 2.33. The van der Waals surface area contributed by atoms with Gasteiger partial charge in [0, 0.05) is 19.3 Å². The van der Waals surface area contributed by atoms with E-state index in [1.165, 1.54) is 0 Å². The van der Waals surface area contributed by atoms with Crippen LogP contribution in [-0.4, -0.2) is 152 Å². The first kappa shape index (κ1) is 31.3. The van der Waals surface area contributed by atoms with E-state index in [0.29, 0.717) is 0 Å². The van der Waals surface area contributed by atoms with Gasteiger partial charge < -0.3 is 74.0 Å². The minimum Gasteiger partial charge on any atom is -0.394 e. The molecule has 0 aliphatic carbocycles. The van der Waals surface area contributed by atoms with E-state index in [4.69, 9.17) is 33.2 Å². The molecule has 17 atom stereocenters. The molecule has 0 spiro atoms. The number of aliphatic hydroxyl groups is 8. The highest BCUT2D eigenvalue weighted by Gasteiger charge is 2.49. The van der Waals surface area contributed by atoms with Crippen LogP contribution in [-0.2, 0) is 33.2 Å². The summed E-state index contributed by atoms with van der Waals surface area (Å²) in [4.78, 5) is 0. The molecule has 0 aromatic rings. The van der Waals surface area contributed by atoms with Gasteiger partial charge in [0.15, 0.2) is 25.2 Å². The van der Waals surface area contributed by atoms with E-state index in [9.17, 15) is 40.9 Å². The molecule has 0 amide bonds. The van der Waals surface area contributed by atoms with Gasteiger partial charge >= 0.3 is 0 Å². The second kappa shape index (κ2) is 13.1. The number of hydrogen-bond acceptors (Lipinski definition) is 15. The Labute approximate surface area is 225 Å². The van der Waals surface area contributed by atoms with Crippen LogP contribution in [0.5, 0.6) is 0 Å². The quantitative estimate of drug-likeness (QED) is 0.148. The fourth-order valence-electron chi connectivity index (χ4n) is 5.53. The molecule has 4 aliphatic heterocycles. The standard InChI is InChI=1S/C24H42O15/c1-8-21(11(26)4-15(29)33-8)37-16-5-12(27)22(9(2)34-16)38-17-6-13(28)23(10(3)35-17)39-24-20(32)19(31)18(30)14(7-25)36-24/h8-32H,4-7H2,1-3H3/t8-,9-,10-,11+,12+,13+,14-,15?,16+,17+,18-,19+,20-,21-,22-,23-,24+/m1/s1. The zero-order chi connectivity index (χ0) is 28.6. The largest absolute Gasteiger partial charge is 0.394 e. The second-order valence-electron chi connectivity index (χ2n) is 10.7. The first-order valence-corrected chi connectivity index (χ1v) is 13.3. The summed E-state index contributed by atoms with van der Waals surface area (Å²) in [5, 5.41) is 81.0. The smallest absolute Gasteiger partial charge is 0.187 e. The molecule has 0 radical (unpaired) electrons. The molecular formula is C24H42O15. The summed E-state index contributed by atoms with van der Waals surface area (Å²) in [5.74, 6) is 0. The molecule has 0 saturated carbocycles. The van der Waals surface area contributed by atoms with Gasteiger partial charge in [-0.05, 0) is 20.8 Å². The molecule has 15 heteroatoms. The highest BCUT2D eigenvalue weighted by atomic mass is 16.7. The van der Waals surface area contributed by atoms with Crippen LogP contribution in [0.15, 0.2) is 0 Å². The summed E-state index contributed by atoms with van der Waals surface area (Å²) in [6, 6.07) is 0. The average Bonchev–Trinajstić information content (AvgIpc) is 2.85. The van der Waals surface area contributed by atoms with Crippen molar-refractivity contribution in [3.63, 3.8) is 0 Å². The first-order chi connectivity index (χ1) is 18.4. The van der Waals surface area contributed by atoms with Crippen molar-refractivity contribution < 1.29 is 74.0 Å². The van der Waals surface area contributed by atoms with Crippen molar-refractivity contribution in [3.8, 4) is 0 Å². The van der Waals surface area contributed by atoms with E-state index >= 15 is 0 Å². The van der Waals surface area contributed by atoms with Crippen molar-refractivity contribution in [2.24, 2.45) is 0 Å². The van der Waals surface area contributed by atoms with E-state index in [0.717, 1.165) is 0 Å². The zero-order valence-electron chi connectivity index (χ0n) is 22.1. The Morgan fingerprint density at radius 1 is 0.564 bits per heavy atom. The molecule has 39 heavy (non-hydrogen) atoms. The molecule has 0 aromatic carbocycles. The SMILES string of the molecule is C[C@H]1OC(O)C[C@H](O)[C@@H]1O[C@H]1C[C@H](O)[C@H](O[C@H]2C[C@H](O)[C@H](O[C@@H]3O[C@H](CO)[C@@H](O)[C@H](O)[C@H]3O)[C@@H](C)O2)[C@@H](C)O1. The summed E-state index contributed by atoms with van der Waals surface area (Å²) in [6.45, 7) is 4.32. The lowest BCUT2D eigenvalue weighted by Crippen LogP contribution is -2.62. The van der Waals surface area contributed by atoms with Crippen LogP contribution in [0.3, 0.4) is 0 Å². The maximum atomic E-state index is 10.8. The van der Waals surface area contributed by atoms with Gasteiger partial charge in [0.2, 0.25) is 0 Å². The van der Waals surface area contributed by atoms with Crippen molar-refractivity contribution in [3.05, 3.63) is 0 Å². The first-order valence-electron chi connectivity index (χ1n) is 13.3. The summed E-state index contributed by atoms with van der Waals surface area (Å²) < 4.78 is 39.9. The van der Waals surface area contributed by atoms with Crippen LogP contribution in [0.1, 0.15) is 40.0 Å². The molecule has 4 fully saturated rings. The van der Waals surface area contributed by atoms with Gasteiger partial charge in [-0.1, -0.05) is 0 Å². The third-order valence-electron chi connectivity index (χ3n) is 7.70. The Hall–Kier alpha value is -0.600. The van der Waals surface area contributed by atoms with E-state index in [1.807, 2.05) is 0 Å². The second-order valence-corrected chi connectivity index (χ2v) is 10.7. The van der Waals surface area contributed by atoms with Gasteiger partial charge in [0.05, 0.1) is 43.2 Å². The normalized spacial score (nSPS) is 53.5. The summed E-state index contributed by atoms with van der Waals surface area (Å²) in [7, 11) is 0. The topological polar surface area (TPSA) is 226 Å². The van der Waals surface area contributed by atoms with Gasteiger partial charge in [0.1, 0.15) is 42.7 Å². The third kappa shape index (κ3) is 7.07. The number of aliphatic hydroxyl groups excluding tert-OH is 8. The zero-order valence-corrected chi connectivity index (χ0v) is 22.1. The molecule has 4 rings (SSSR count). The lowest BCUT2D eigenvalue weighted by Gasteiger charge is -2.46. The van der Waals surface area contributed by atoms with Crippen LogP contribution in [0.2, 0.25) is 0 Å². The van der Waals surface area contributed by atoms with Crippen molar-refractivity contribution in [2.75, 3.05) is 6.61 Å². The predicted octanol–water partition coefficient (Wildman–Crippen LogP) is -3.58. The van der Waals surface area contributed by atoms with Crippen molar-refractivity contribution in [1.29, 1.82) is 0 Å². The third-order valence-corrected chi connectivity index (χ3v) is 7.70. The Balaban J connectivity index is 1.29. The summed E-state index contributed by atoms with van der Waals surface area (Å²) in [6.07, 6.45) is -18.1. The summed E-state index contributed by atoms with van der Waals surface area (Å²) >= 11 is 0. The molecule has 15 nitrogen and oxygen atoms in total. The van der Waals surface area contributed by atoms with Gasteiger partial charge in [-0.15, -0.1) is 0 Å². The maximum Gasteiger partial charge on any atom is 0.187 e. The Morgan fingerprint density at radius 2 is 1.03 bits per heavy atom. The average molecular weight is 571 g/mol. The Bertz CT molecular complexity index is 738. The molecule has 0 bridgehead atoms. The van der Waals surface area contributed by atoms with E-state index in [1.54, 1.807) is 20.8 Å². The van der Waals surface area contributed by atoms with Gasteiger partial charge in [-0.25, -0.2) is 0 Å².